The summed E-state index contributed by atoms with van der Waals surface area (Å²) in [5.41, 5.74) is 1.14. The Kier molecular flexibility index (Phi) is 5.71. The van der Waals surface area contributed by atoms with Crippen molar-refractivity contribution >= 4 is 17.2 Å². The fourth-order valence-corrected chi connectivity index (χ4v) is 3.90. The van der Waals surface area contributed by atoms with Crippen molar-refractivity contribution < 1.29 is 13.9 Å². The summed E-state index contributed by atoms with van der Waals surface area (Å²) in [6.07, 6.45) is 3.94. The largest absolute Gasteiger partial charge is 0.472 e. The molecule has 1 aliphatic rings. The lowest BCUT2D eigenvalue weighted by atomic mass is 10.1. The van der Waals surface area contributed by atoms with Gasteiger partial charge < -0.3 is 14.1 Å². The fraction of sp³-hybridized carbons (Fsp3) is 0.500. The van der Waals surface area contributed by atoms with Crippen LogP contribution in [0.1, 0.15) is 21.7 Å². The molecule has 0 unspecified atom stereocenters. The lowest BCUT2D eigenvalue weighted by molar-refractivity contribution is -0.133. The van der Waals surface area contributed by atoms with Crippen molar-refractivity contribution in [1.82, 2.24) is 9.80 Å². The van der Waals surface area contributed by atoms with Gasteiger partial charge in [0.05, 0.1) is 32.3 Å². The molecule has 130 valence electrons. The van der Waals surface area contributed by atoms with Gasteiger partial charge in [0.25, 0.3) is 0 Å². The molecule has 6 heteroatoms. The molecule has 1 amide bonds. The maximum absolute atomic E-state index is 12.6. The van der Waals surface area contributed by atoms with Gasteiger partial charge in [-0.1, -0.05) is 0 Å². The van der Waals surface area contributed by atoms with Crippen LogP contribution in [0.2, 0.25) is 0 Å². The summed E-state index contributed by atoms with van der Waals surface area (Å²) in [5, 5.41) is 0. The number of carbonyl (C=O) groups is 1. The predicted molar refractivity (Wildman–Crippen MR) is 93.9 cm³/mol. The summed E-state index contributed by atoms with van der Waals surface area (Å²) < 4.78 is 10.7. The van der Waals surface area contributed by atoms with E-state index in [9.17, 15) is 4.79 Å². The monoisotopic (exact) mass is 348 g/mol. The van der Waals surface area contributed by atoms with E-state index in [1.807, 2.05) is 18.0 Å². The quantitative estimate of drug-likeness (QED) is 0.805. The van der Waals surface area contributed by atoms with Gasteiger partial charge in [0, 0.05) is 47.9 Å². The molecular weight excluding hydrogens is 324 g/mol. The van der Waals surface area contributed by atoms with Gasteiger partial charge in [-0.25, -0.2) is 0 Å². The second kappa shape index (κ2) is 7.96. The first kappa shape index (κ1) is 17.2. The average Bonchev–Trinajstić information content (AvgIpc) is 3.21. The SMILES string of the molecule is Cc1ccc(CN(C)C(=O)C[C@@H]2COCCN2Cc2ccoc2)s1. The number of aryl methyl sites for hydroxylation is 1. The van der Waals surface area contributed by atoms with E-state index < -0.39 is 0 Å². The van der Waals surface area contributed by atoms with Gasteiger partial charge >= 0.3 is 0 Å². The van der Waals surface area contributed by atoms with E-state index in [0.29, 0.717) is 26.2 Å². The van der Waals surface area contributed by atoms with Crippen LogP contribution in [0.15, 0.2) is 35.1 Å². The molecule has 1 aliphatic heterocycles. The van der Waals surface area contributed by atoms with Crippen molar-refractivity contribution in [2.75, 3.05) is 26.8 Å². The number of ether oxygens (including phenoxy) is 1. The Morgan fingerprint density at radius 3 is 3.00 bits per heavy atom. The molecule has 0 spiro atoms. The number of nitrogens with zero attached hydrogens (tertiary/aromatic N) is 2. The summed E-state index contributed by atoms with van der Waals surface area (Å²) >= 11 is 1.74. The van der Waals surface area contributed by atoms with Gasteiger partial charge in [-0.3, -0.25) is 9.69 Å². The summed E-state index contributed by atoms with van der Waals surface area (Å²) in [6, 6.07) is 6.28. The molecule has 2 aromatic heterocycles. The first-order valence-electron chi connectivity index (χ1n) is 8.24. The number of morpholine rings is 1. The van der Waals surface area contributed by atoms with Crippen molar-refractivity contribution in [2.45, 2.75) is 32.5 Å². The van der Waals surface area contributed by atoms with Gasteiger partial charge in [0.1, 0.15) is 0 Å². The zero-order valence-electron chi connectivity index (χ0n) is 14.2. The van der Waals surface area contributed by atoms with Crippen LogP contribution in [0, 0.1) is 6.92 Å². The molecule has 0 aromatic carbocycles. The molecule has 0 radical (unpaired) electrons. The third-order valence-electron chi connectivity index (χ3n) is 4.34. The molecule has 1 fully saturated rings. The number of rotatable bonds is 6. The number of hydrogen-bond donors (Lipinski definition) is 0. The zero-order valence-corrected chi connectivity index (χ0v) is 15.1. The Morgan fingerprint density at radius 2 is 2.29 bits per heavy atom. The van der Waals surface area contributed by atoms with Crippen molar-refractivity contribution in [3.8, 4) is 0 Å². The molecule has 3 rings (SSSR count). The van der Waals surface area contributed by atoms with Crippen LogP contribution in [-0.2, 0) is 22.6 Å². The van der Waals surface area contributed by atoms with E-state index in [-0.39, 0.29) is 11.9 Å². The fourth-order valence-electron chi connectivity index (χ4n) is 2.95. The van der Waals surface area contributed by atoms with Gasteiger partial charge in [-0.15, -0.1) is 11.3 Å². The van der Waals surface area contributed by atoms with E-state index in [2.05, 4.69) is 24.0 Å². The third-order valence-corrected chi connectivity index (χ3v) is 5.33. The molecule has 1 saturated heterocycles. The molecule has 0 saturated carbocycles. The van der Waals surface area contributed by atoms with Crippen LogP contribution < -0.4 is 0 Å². The van der Waals surface area contributed by atoms with Crippen molar-refractivity contribution in [3.05, 3.63) is 46.0 Å². The molecule has 24 heavy (non-hydrogen) atoms. The number of thiophene rings is 1. The second-order valence-electron chi connectivity index (χ2n) is 6.30. The van der Waals surface area contributed by atoms with E-state index in [1.54, 1.807) is 23.9 Å². The van der Waals surface area contributed by atoms with Crippen LogP contribution in [-0.4, -0.2) is 48.6 Å². The minimum absolute atomic E-state index is 0.119. The highest BCUT2D eigenvalue weighted by atomic mass is 32.1. The van der Waals surface area contributed by atoms with E-state index in [4.69, 9.17) is 9.15 Å². The Morgan fingerprint density at radius 1 is 1.42 bits per heavy atom. The van der Waals surface area contributed by atoms with Crippen LogP contribution in [0.4, 0.5) is 0 Å². The number of carbonyl (C=O) groups excluding carboxylic acids is 1. The maximum atomic E-state index is 12.6. The van der Waals surface area contributed by atoms with Gasteiger partial charge in [-0.05, 0) is 25.1 Å². The minimum atomic E-state index is 0.119. The second-order valence-corrected chi connectivity index (χ2v) is 7.67. The molecule has 2 aromatic rings. The summed E-state index contributed by atoms with van der Waals surface area (Å²) in [4.78, 5) is 19.2. The van der Waals surface area contributed by atoms with Crippen molar-refractivity contribution in [3.63, 3.8) is 0 Å². The highest BCUT2D eigenvalue weighted by Gasteiger charge is 2.27. The Bertz CT molecular complexity index is 653. The van der Waals surface area contributed by atoms with E-state index in [0.717, 1.165) is 18.7 Å². The Labute approximate surface area is 146 Å². The number of furan rings is 1. The third kappa shape index (κ3) is 4.47. The Hall–Kier alpha value is -1.63. The molecule has 0 aliphatic carbocycles. The molecule has 1 atom stereocenters. The van der Waals surface area contributed by atoms with Crippen LogP contribution in [0.5, 0.6) is 0 Å². The van der Waals surface area contributed by atoms with E-state index in [1.165, 1.54) is 9.75 Å². The molecular formula is C18H24N2O3S. The molecule has 3 heterocycles. The van der Waals surface area contributed by atoms with Gasteiger partial charge in [-0.2, -0.15) is 0 Å². The lowest BCUT2D eigenvalue weighted by Crippen LogP contribution is -2.47. The predicted octanol–water partition coefficient (Wildman–Crippen LogP) is 2.90. The first-order valence-corrected chi connectivity index (χ1v) is 9.05. The van der Waals surface area contributed by atoms with Crippen molar-refractivity contribution in [1.29, 1.82) is 0 Å². The van der Waals surface area contributed by atoms with Crippen LogP contribution >= 0.6 is 11.3 Å². The maximum Gasteiger partial charge on any atom is 0.224 e. The number of amides is 1. The summed E-state index contributed by atoms with van der Waals surface area (Å²) in [6.45, 7) is 5.72. The summed E-state index contributed by atoms with van der Waals surface area (Å²) in [5.74, 6) is 0.161. The van der Waals surface area contributed by atoms with Crippen LogP contribution in [0.3, 0.4) is 0 Å². The van der Waals surface area contributed by atoms with Crippen molar-refractivity contribution in [2.24, 2.45) is 0 Å². The smallest absolute Gasteiger partial charge is 0.224 e. The van der Waals surface area contributed by atoms with E-state index >= 15 is 0 Å². The normalized spacial score (nSPS) is 18.7. The topological polar surface area (TPSA) is 45.9 Å². The highest BCUT2D eigenvalue weighted by Crippen LogP contribution is 2.19. The minimum Gasteiger partial charge on any atom is -0.472 e. The zero-order chi connectivity index (χ0) is 16.9. The molecule has 0 N–H and O–H groups in total. The van der Waals surface area contributed by atoms with Gasteiger partial charge in [0.15, 0.2) is 0 Å². The molecule has 5 nitrogen and oxygen atoms in total. The standard InChI is InChI=1S/C18H24N2O3S/c1-14-3-4-17(24-14)11-19(2)18(21)9-16-13-23-8-6-20(16)10-15-5-7-22-12-15/h3-5,7,12,16H,6,8-11,13H2,1-2H3/t16-/m1/s1. The average molecular weight is 348 g/mol. The van der Waals surface area contributed by atoms with Crippen LogP contribution in [0.25, 0.3) is 0 Å². The summed E-state index contributed by atoms with van der Waals surface area (Å²) in [7, 11) is 1.88. The lowest BCUT2D eigenvalue weighted by Gasteiger charge is -2.35. The molecule has 0 bridgehead atoms. The highest BCUT2D eigenvalue weighted by molar-refractivity contribution is 7.11. The van der Waals surface area contributed by atoms with Gasteiger partial charge in [0.2, 0.25) is 5.91 Å². The Balaban J connectivity index is 1.56. The first-order chi connectivity index (χ1) is 11.6. The number of hydrogen-bond acceptors (Lipinski definition) is 5.